The van der Waals surface area contributed by atoms with E-state index in [4.69, 9.17) is 4.98 Å². The number of hydrogen-bond donors (Lipinski definition) is 0. The number of thiophene rings is 1. The van der Waals surface area contributed by atoms with E-state index in [2.05, 4.69) is 17.0 Å². The number of fused-ring (bicyclic) bond motifs is 5. The molecule has 4 aromatic rings. The Hall–Kier alpha value is -2.80. The van der Waals surface area contributed by atoms with Gasteiger partial charge in [-0.05, 0) is 30.7 Å². The summed E-state index contributed by atoms with van der Waals surface area (Å²) in [5.41, 5.74) is 2.63. The van der Waals surface area contributed by atoms with Crippen LogP contribution < -0.4 is 5.11 Å². The average molecular weight is 363 g/mol. The van der Waals surface area contributed by atoms with Gasteiger partial charge < -0.3 is 9.90 Å². The van der Waals surface area contributed by atoms with Crippen LogP contribution in [0.15, 0.2) is 30.6 Å². The maximum atomic E-state index is 11.4. The second kappa shape index (κ2) is 5.60. The summed E-state index contributed by atoms with van der Waals surface area (Å²) in [6.45, 7) is 2.25. The molecule has 6 nitrogen and oxygen atoms in total. The number of aromatic nitrogens is 4. The summed E-state index contributed by atoms with van der Waals surface area (Å²) in [7, 11) is 0. The SMILES string of the molecule is C[C@@H]1CCCc2sc3ncn4nc(-c5ccccc5C(=O)[O-])nc4c3c21. The Morgan fingerprint density at radius 1 is 1.35 bits per heavy atom. The third-order valence-corrected chi connectivity index (χ3v) is 6.24. The number of carbonyl (C=O) groups is 1. The fourth-order valence-electron chi connectivity index (χ4n) is 3.86. The summed E-state index contributed by atoms with van der Waals surface area (Å²) in [5, 5.41) is 17.0. The van der Waals surface area contributed by atoms with E-state index in [1.54, 1.807) is 40.4 Å². The molecule has 0 saturated heterocycles. The Bertz CT molecular complexity index is 1180. The molecular weight excluding hydrogens is 348 g/mol. The quantitative estimate of drug-likeness (QED) is 0.547. The van der Waals surface area contributed by atoms with Crippen molar-refractivity contribution in [2.45, 2.75) is 32.1 Å². The molecule has 1 aliphatic carbocycles. The van der Waals surface area contributed by atoms with Crippen molar-refractivity contribution in [2.75, 3.05) is 0 Å². The summed E-state index contributed by atoms with van der Waals surface area (Å²) >= 11 is 1.74. The van der Waals surface area contributed by atoms with Crippen LogP contribution in [-0.4, -0.2) is 25.6 Å². The maximum absolute atomic E-state index is 11.4. The van der Waals surface area contributed by atoms with Crippen LogP contribution in [0.4, 0.5) is 0 Å². The van der Waals surface area contributed by atoms with Gasteiger partial charge in [0, 0.05) is 16.0 Å². The predicted molar refractivity (Wildman–Crippen MR) is 97.3 cm³/mol. The number of nitrogens with zero attached hydrogens (tertiary/aromatic N) is 4. The van der Waals surface area contributed by atoms with Crippen molar-refractivity contribution in [3.8, 4) is 11.4 Å². The first-order chi connectivity index (χ1) is 12.6. The number of carboxylic acid groups (broad SMARTS) is 1. The lowest BCUT2D eigenvalue weighted by molar-refractivity contribution is -0.254. The highest BCUT2D eigenvalue weighted by Gasteiger charge is 2.25. The van der Waals surface area contributed by atoms with E-state index in [9.17, 15) is 9.90 Å². The van der Waals surface area contributed by atoms with E-state index >= 15 is 0 Å². The average Bonchev–Trinajstić information content (AvgIpc) is 3.23. The number of benzene rings is 1. The summed E-state index contributed by atoms with van der Waals surface area (Å²) < 4.78 is 1.65. The monoisotopic (exact) mass is 363 g/mol. The summed E-state index contributed by atoms with van der Waals surface area (Å²) in [4.78, 5) is 23.1. The standard InChI is InChI=1S/C19H16N4O2S/c1-10-5-4-8-13-14(10)15-17-21-16(22-23(17)9-20-18(15)26-13)11-6-2-3-7-12(11)19(24)25/h2-3,6-7,9-10H,4-5,8H2,1H3,(H,24,25)/p-1/t10-/m1/s1. The molecule has 3 heterocycles. The number of rotatable bonds is 2. The molecule has 0 radical (unpaired) electrons. The maximum Gasteiger partial charge on any atom is 0.182 e. The minimum Gasteiger partial charge on any atom is -0.545 e. The van der Waals surface area contributed by atoms with E-state index in [1.165, 1.54) is 22.9 Å². The smallest absolute Gasteiger partial charge is 0.182 e. The molecule has 130 valence electrons. The molecule has 0 unspecified atom stereocenters. The highest BCUT2D eigenvalue weighted by atomic mass is 32.1. The minimum atomic E-state index is -1.23. The predicted octanol–water partition coefficient (Wildman–Crippen LogP) is 2.81. The van der Waals surface area contributed by atoms with Gasteiger partial charge in [0.05, 0.1) is 11.4 Å². The van der Waals surface area contributed by atoms with Crippen LogP contribution in [0.1, 0.15) is 46.5 Å². The zero-order chi connectivity index (χ0) is 17.8. The van der Waals surface area contributed by atoms with Crippen LogP contribution in [-0.2, 0) is 6.42 Å². The van der Waals surface area contributed by atoms with Crippen LogP contribution in [0, 0.1) is 0 Å². The third kappa shape index (κ3) is 2.17. The van der Waals surface area contributed by atoms with Gasteiger partial charge in [0.15, 0.2) is 11.5 Å². The zero-order valence-electron chi connectivity index (χ0n) is 14.1. The first-order valence-corrected chi connectivity index (χ1v) is 9.42. The van der Waals surface area contributed by atoms with E-state index in [0.29, 0.717) is 17.3 Å². The minimum absolute atomic E-state index is 0.0910. The van der Waals surface area contributed by atoms with Gasteiger partial charge in [0.2, 0.25) is 0 Å². The number of aryl methyl sites for hydroxylation is 1. The van der Waals surface area contributed by atoms with Gasteiger partial charge >= 0.3 is 0 Å². The topological polar surface area (TPSA) is 83.2 Å². The molecule has 0 N–H and O–H groups in total. The van der Waals surface area contributed by atoms with Crippen molar-refractivity contribution < 1.29 is 9.90 Å². The number of aromatic carboxylic acids is 1. The first-order valence-electron chi connectivity index (χ1n) is 8.61. The highest BCUT2D eigenvalue weighted by Crippen LogP contribution is 2.42. The molecule has 0 bridgehead atoms. The van der Waals surface area contributed by atoms with Crippen LogP contribution in [0.3, 0.4) is 0 Å². The van der Waals surface area contributed by atoms with Crippen LogP contribution in [0.25, 0.3) is 27.3 Å². The van der Waals surface area contributed by atoms with Crippen molar-refractivity contribution in [2.24, 2.45) is 0 Å². The van der Waals surface area contributed by atoms with Gasteiger partial charge in [-0.1, -0.05) is 31.2 Å². The molecular formula is C19H15N4O2S-. The van der Waals surface area contributed by atoms with Gasteiger partial charge in [0.25, 0.3) is 0 Å². The molecule has 5 rings (SSSR count). The highest BCUT2D eigenvalue weighted by molar-refractivity contribution is 7.19. The largest absolute Gasteiger partial charge is 0.545 e. The second-order valence-electron chi connectivity index (χ2n) is 6.69. The number of carboxylic acids is 1. The lowest BCUT2D eigenvalue weighted by atomic mass is 9.87. The van der Waals surface area contributed by atoms with Crippen molar-refractivity contribution in [3.63, 3.8) is 0 Å². The summed E-state index contributed by atoms with van der Waals surface area (Å²) in [6, 6.07) is 6.66. The van der Waals surface area contributed by atoms with E-state index in [0.717, 1.165) is 28.7 Å². The van der Waals surface area contributed by atoms with Crippen LogP contribution in [0.5, 0.6) is 0 Å². The van der Waals surface area contributed by atoms with Gasteiger partial charge in [-0.25, -0.2) is 14.5 Å². The first kappa shape index (κ1) is 15.5. The van der Waals surface area contributed by atoms with Crippen molar-refractivity contribution in [3.05, 3.63) is 46.6 Å². The fraction of sp³-hybridized carbons (Fsp3) is 0.263. The molecule has 7 heteroatoms. The molecule has 0 spiro atoms. The van der Waals surface area contributed by atoms with Gasteiger partial charge in [-0.3, -0.25) is 0 Å². The summed E-state index contributed by atoms with van der Waals surface area (Å²) in [6.07, 6.45) is 5.10. The Balaban J connectivity index is 1.80. The van der Waals surface area contributed by atoms with Crippen molar-refractivity contribution in [1.82, 2.24) is 19.6 Å². The number of carbonyl (C=O) groups excluding carboxylic acids is 1. The molecule has 0 saturated carbocycles. The molecule has 0 aliphatic heterocycles. The van der Waals surface area contributed by atoms with E-state index in [1.807, 2.05) is 0 Å². The van der Waals surface area contributed by atoms with Crippen LogP contribution >= 0.6 is 11.3 Å². The van der Waals surface area contributed by atoms with Crippen LogP contribution in [0.2, 0.25) is 0 Å². The Labute approximate surface area is 153 Å². The molecule has 1 aromatic carbocycles. The Morgan fingerprint density at radius 3 is 3.04 bits per heavy atom. The molecule has 1 aliphatic rings. The molecule has 0 fully saturated rings. The number of hydrogen-bond acceptors (Lipinski definition) is 6. The molecule has 3 aromatic heterocycles. The molecule has 1 atom stereocenters. The Morgan fingerprint density at radius 2 is 2.19 bits per heavy atom. The molecule has 0 amide bonds. The normalized spacial score (nSPS) is 16.9. The van der Waals surface area contributed by atoms with E-state index in [-0.39, 0.29) is 5.56 Å². The lowest BCUT2D eigenvalue weighted by Gasteiger charge is -2.18. The third-order valence-electron chi connectivity index (χ3n) is 5.06. The Kier molecular flexibility index (Phi) is 3.33. The lowest BCUT2D eigenvalue weighted by Crippen LogP contribution is -2.23. The zero-order valence-corrected chi connectivity index (χ0v) is 14.9. The van der Waals surface area contributed by atoms with Gasteiger partial charge in [-0.2, -0.15) is 0 Å². The molecule has 26 heavy (non-hydrogen) atoms. The van der Waals surface area contributed by atoms with Crippen molar-refractivity contribution >= 4 is 33.2 Å². The summed E-state index contributed by atoms with van der Waals surface area (Å²) in [5.74, 6) is -0.386. The van der Waals surface area contributed by atoms with Gasteiger partial charge in [-0.15, -0.1) is 16.4 Å². The van der Waals surface area contributed by atoms with Crippen molar-refractivity contribution in [1.29, 1.82) is 0 Å². The van der Waals surface area contributed by atoms with E-state index < -0.39 is 5.97 Å². The second-order valence-corrected chi connectivity index (χ2v) is 7.78. The fourth-order valence-corrected chi connectivity index (χ4v) is 5.15. The van der Waals surface area contributed by atoms with Gasteiger partial charge in [0.1, 0.15) is 11.2 Å².